The van der Waals surface area contributed by atoms with Crippen LogP contribution in [0.15, 0.2) is 12.1 Å². The van der Waals surface area contributed by atoms with Crippen LogP contribution in [0.3, 0.4) is 0 Å². The zero-order valence-corrected chi connectivity index (χ0v) is 7.72. The predicted molar refractivity (Wildman–Crippen MR) is 52.3 cm³/mol. The summed E-state index contributed by atoms with van der Waals surface area (Å²) in [5.74, 6) is 0.839. The molecule has 2 rings (SSSR count). The van der Waals surface area contributed by atoms with Crippen LogP contribution in [0.5, 0.6) is 0 Å². The third-order valence-electron chi connectivity index (χ3n) is 2.60. The quantitative estimate of drug-likeness (QED) is 0.630. The van der Waals surface area contributed by atoms with Crippen LogP contribution < -0.4 is 5.73 Å². The van der Waals surface area contributed by atoms with E-state index in [9.17, 15) is 0 Å². The summed E-state index contributed by atoms with van der Waals surface area (Å²) in [6.45, 7) is 4.33. The predicted octanol–water partition coefficient (Wildman–Crippen LogP) is 2.76. The van der Waals surface area contributed by atoms with Crippen molar-refractivity contribution in [3.05, 3.63) is 28.8 Å². The van der Waals surface area contributed by atoms with Crippen molar-refractivity contribution in [3.63, 3.8) is 0 Å². The van der Waals surface area contributed by atoms with Crippen molar-refractivity contribution in [2.75, 3.05) is 5.73 Å². The van der Waals surface area contributed by atoms with Gasteiger partial charge < -0.3 is 5.73 Å². The maximum absolute atomic E-state index is 5.75. The summed E-state index contributed by atoms with van der Waals surface area (Å²) in [4.78, 5) is 0. The van der Waals surface area contributed by atoms with E-state index in [0.717, 1.165) is 11.6 Å². The molecule has 0 spiro atoms. The van der Waals surface area contributed by atoms with Crippen molar-refractivity contribution in [1.82, 2.24) is 0 Å². The maximum atomic E-state index is 5.75. The van der Waals surface area contributed by atoms with Gasteiger partial charge in [-0.05, 0) is 61.4 Å². The summed E-state index contributed by atoms with van der Waals surface area (Å²) in [5.41, 5.74) is 10.9. The molecule has 0 unspecified atom stereocenters. The Morgan fingerprint density at radius 3 is 2.08 bits per heavy atom. The largest absolute Gasteiger partial charge is 0.399 e. The van der Waals surface area contributed by atoms with Crippen molar-refractivity contribution in [3.8, 4) is 0 Å². The highest BCUT2D eigenvalue weighted by atomic mass is 14.5. The molecule has 1 aromatic rings. The van der Waals surface area contributed by atoms with Crippen LogP contribution in [0.2, 0.25) is 0 Å². The SMILES string of the molecule is Cc1cc(N)cc(C)c1C1CC1. The number of hydrogen-bond acceptors (Lipinski definition) is 1. The highest BCUT2D eigenvalue weighted by molar-refractivity contribution is 5.50. The van der Waals surface area contributed by atoms with Crippen molar-refractivity contribution in [2.24, 2.45) is 0 Å². The summed E-state index contributed by atoms with van der Waals surface area (Å²) in [7, 11) is 0. The molecule has 1 fully saturated rings. The van der Waals surface area contributed by atoms with Gasteiger partial charge >= 0.3 is 0 Å². The molecule has 0 bridgehead atoms. The van der Waals surface area contributed by atoms with Crippen LogP contribution in [0.25, 0.3) is 0 Å². The molecule has 0 radical (unpaired) electrons. The zero-order valence-electron chi connectivity index (χ0n) is 7.72. The van der Waals surface area contributed by atoms with Crippen LogP contribution in [0.4, 0.5) is 5.69 Å². The molecule has 12 heavy (non-hydrogen) atoms. The molecular weight excluding hydrogens is 146 g/mol. The van der Waals surface area contributed by atoms with Gasteiger partial charge in [0.2, 0.25) is 0 Å². The topological polar surface area (TPSA) is 26.0 Å². The van der Waals surface area contributed by atoms with Crippen molar-refractivity contribution in [1.29, 1.82) is 0 Å². The Morgan fingerprint density at radius 1 is 1.17 bits per heavy atom. The van der Waals surface area contributed by atoms with Gasteiger partial charge in [-0.3, -0.25) is 0 Å². The highest BCUT2D eigenvalue weighted by Crippen LogP contribution is 2.43. The first kappa shape index (κ1) is 7.66. The average molecular weight is 161 g/mol. The lowest BCUT2D eigenvalue weighted by Gasteiger charge is -2.09. The van der Waals surface area contributed by atoms with E-state index in [2.05, 4.69) is 26.0 Å². The second kappa shape index (κ2) is 2.51. The van der Waals surface area contributed by atoms with Gasteiger partial charge in [0.15, 0.2) is 0 Å². The first-order valence-corrected chi connectivity index (χ1v) is 4.55. The fourth-order valence-corrected chi connectivity index (χ4v) is 2.02. The molecule has 1 aromatic carbocycles. The van der Waals surface area contributed by atoms with Gasteiger partial charge in [0.25, 0.3) is 0 Å². The number of nitrogens with two attached hydrogens (primary N) is 1. The summed E-state index contributed by atoms with van der Waals surface area (Å²) in [6.07, 6.45) is 2.73. The van der Waals surface area contributed by atoms with E-state index in [1.165, 1.54) is 24.0 Å². The molecule has 0 heterocycles. The normalized spacial score (nSPS) is 16.5. The molecule has 1 nitrogen and oxygen atoms in total. The van der Waals surface area contributed by atoms with Crippen molar-refractivity contribution >= 4 is 5.69 Å². The summed E-state index contributed by atoms with van der Waals surface area (Å²) in [5, 5.41) is 0. The average Bonchev–Trinajstić information content (AvgIpc) is 2.68. The van der Waals surface area contributed by atoms with E-state index < -0.39 is 0 Å². The molecule has 0 aromatic heterocycles. The smallest absolute Gasteiger partial charge is 0.0319 e. The van der Waals surface area contributed by atoms with Gasteiger partial charge in [0.05, 0.1) is 0 Å². The number of benzene rings is 1. The van der Waals surface area contributed by atoms with Crippen LogP contribution in [-0.2, 0) is 0 Å². The molecule has 1 aliphatic carbocycles. The number of anilines is 1. The van der Waals surface area contributed by atoms with Crippen LogP contribution >= 0.6 is 0 Å². The van der Waals surface area contributed by atoms with E-state index >= 15 is 0 Å². The minimum absolute atomic E-state index is 0.839. The van der Waals surface area contributed by atoms with Crippen molar-refractivity contribution in [2.45, 2.75) is 32.6 Å². The fourth-order valence-electron chi connectivity index (χ4n) is 2.02. The maximum Gasteiger partial charge on any atom is 0.0319 e. The molecule has 64 valence electrons. The molecule has 1 saturated carbocycles. The number of aryl methyl sites for hydroxylation is 2. The Bertz CT molecular complexity index is 288. The molecule has 2 N–H and O–H groups in total. The van der Waals surface area contributed by atoms with Gasteiger partial charge in [0, 0.05) is 5.69 Å². The molecule has 1 heteroatoms. The number of hydrogen-bond donors (Lipinski definition) is 1. The fraction of sp³-hybridized carbons (Fsp3) is 0.455. The van der Waals surface area contributed by atoms with E-state index in [1.807, 2.05) is 0 Å². The Hall–Kier alpha value is -0.980. The molecule has 0 atom stereocenters. The Kier molecular flexibility index (Phi) is 1.60. The molecule has 1 aliphatic rings. The van der Waals surface area contributed by atoms with Gasteiger partial charge in [-0.1, -0.05) is 0 Å². The third kappa shape index (κ3) is 1.20. The Labute approximate surface area is 73.6 Å². The second-order valence-corrected chi connectivity index (χ2v) is 3.84. The molecule has 0 saturated heterocycles. The lowest BCUT2D eigenvalue weighted by molar-refractivity contribution is 1.07. The Balaban J connectivity index is 2.51. The Morgan fingerprint density at radius 2 is 1.67 bits per heavy atom. The summed E-state index contributed by atoms with van der Waals surface area (Å²) >= 11 is 0. The minimum atomic E-state index is 0.839. The lowest BCUT2D eigenvalue weighted by atomic mass is 9.98. The van der Waals surface area contributed by atoms with Crippen LogP contribution in [-0.4, -0.2) is 0 Å². The monoisotopic (exact) mass is 161 g/mol. The summed E-state index contributed by atoms with van der Waals surface area (Å²) < 4.78 is 0. The lowest BCUT2D eigenvalue weighted by Crippen LogP contribution is -1.94. The number of rotatable bonds is 1. The van der Waals surface area contributed by atoms with Crippen LogP contribution in [0.1, 0.15) is 35.4 Å². The molecule has 0 amide bonds. The summed E-state index contributed by atoms with van der Waals surface area (Å²) in [6, 6.07) is 4.17. The molecular formula is C11H15N. The van der Waals surface area contributed by atoms with Gasteiger partial charge in [-0.2, -0.15) is 0 Å². The third-order valence-corrected chi connectivity index (χ3v) is 2.60. The standard InChI is InChI=1S/C11H15N/c1-7-5-10(12)6-8(2)11(7)9-3-4-9/h5-6,9H,3-4,12H2,1-2H3. The first-order valence-electron chi connectivity index (χ1n) is 4.55. The van der Waals surface area contributed by atoms with Crippen LogP contribution in [0, 0.1) is 13.8 Å². The van der Waals surface area contributed by atoms with E-state index in [0.29, 0.717) is 0 Å². The zero-order chi connectivity index (χ0) is 8.72. The van der Waals surface area contributed by atoms with Crippen molar-refractivity contribution < 1.29 is 0 Å². The first-order chi connectivity index (χ1) is 5.68. The molecule has 0 aliphatic heterocycles. The second-order valence-electron chi connectivity index (χ2n) is 3.84. The van der Waals surface area contributed by atoms with E-state index in [1.54, 1.807) is 5.56 Å². The number of nitrogen functional groups attached to an aromatic ring is 1. The minimum Gasteiger partial charge on any atom is -0.399 e. The van der Waals surface area contributed by atoms with Gasteiger partial charge in [-0.15, -0.1) is 0 Å². The highest BCUT2D eigenvalue weighted by Gasteiger charge is 2.26. The van der Waals surface area contributed by atoms with E-state index in [4.69, 9.17) is 5.73 Å². The van der Waals surface area contributed by atoms with Gasteiger partial charge in [0.1, 0.15) is 0 Å². The van der Waals surface area contributed by atoms with Gasteiger partial charge in [-0.25, -0.2) is 0 Å². The van der Waals surface area contributed by atoms with E-state index in [-0.39, 0.29) is 0 Å².